The summed E-state index contributed by atoms with van der Waals surface area (Å²) < 4.78 is 10.9. The maximum absolute atomic E-state index is 9.93. The highest BCUT2D eigenvalue weighted by Gasteiger charge is 2.23. The van der Waals surface area contributed by atoms with Crippen molar-refractivity contribution in [2.75, 3.05) is 14.2 Å². The van der Waals surface area contributed by atoms with Crippen LogP contribution in [0.15, 0.2) is 76.6 Å². The van der Waals surface area contributed by atoms with Crippen LogP contribution in [-0.4, -0.2) is 25.0 Å². The number of phenols is 1. The van der Waals surface area contributed by atoms with E-state index in [2.05, 4.69) is 12.1 Å². The minimum absolute atomic E-state index is 0.157. The summed E-state index contributed by atoms with van der Waals surface area (Å²) in [7, 11) is 3.29. The summed E-state index contributed by atoms with van der Waals surface area (Å²) in [5.74, 6) is 1.68. The summed E-state index contributed by atoms with van der Waals surface area (Å²) in [6.07, 6.45) is 0.734. The third-order valence-corrected chi connectivity index (χ3v) is 6.05. The van der Waals surface area contributed by atoms with Gasteiger partial charge in [0.1, 0.15) is 5.75 Å². The molecule has 0 aliphatic carbocycles. The van der Waals surface area contributed by atoms with Gasteiger partial charge in [0.05, 0.1) is 19.9 Å². The van der Waals surface area contributed by atoms with Gasteiger partial charge >= 0.3 is 0 Å². The molecule has 28 heavy (non-hydrogen) atoms. The average Bonchev–Trinajstić information content (AvgIpc) is 2.93. The molecule has 0 spiro atoms. The lowest BCUT2D eigenvalue weighted by atomic mass is 10.0. The number of para-hydroxylation sites is 1. The van der Waals surface area contributed by atoms with Crippen molar-refractivity contribution < 1.29 is 14.6 Å². The van der Waals surface area contributed by atoms with Gasteiger partial charge in [-0.25, -0.2) is 0 Å². The fourth-order valence-corrected chi connectivity index (χ4v) is 4.54. The lowest BCUT2D eigenvalue weighted by Crippen LogP contribution is -2.05. The van der Waals surface area contributed by atoms with E-state index in [0.29, 0.717) is 11.5 Å². The summed E-state index contributed by atoms with van der Waals surface area (Å²) in [4.78, 5) is 6.07. The highest BCUT2D eigenvalue weighted by Crippen LogP contribution is 2.46. The average molecular weight is 391 g/mol. The van der Waals surface area contributed by atoms with Gasteiger partial charge in [0.25, 0.3) is 0 Å². The van der Waals surface area contributed by atoms with Crippen molar-refractivity contribution in [3.8, 4) is 17.2 Å². The Hall–Kier alpha value is -2.92. The van der Waals surface area contributed by atoms with Gasteiger partial charge in [0.15, 0.2) is 11.5 Å². The van der Waals surface area contributed by atoms with Crippen LogP contribution >= 0.6 is 11.8 Å². The molecule has 0 saturated heterocycles. The number of ether oxygens (including phenoxy) is 2. The minimum atomic E-state index is 0.157. The van der Waals surface area contributed by atoms with E-state index >= 15 is 0 Å². The van der Waals surface area contributed by atoms with E-state index in [1.807, 2.05) is 42.5 Å². The largest absolute Gasteiger partial charge is 0.508 e. The highest BCUT2D eigenvalue weighted by atomic mass is 32.2. The molecule has 142 valence electrons. The van der Waals surface area contributed by atoms with Crippen molar-refractivity contribution in [2.24, 2.45) is 4.99 Å². The monoisotopic (exact) mass is 391 g/mol. The number of benzene rings is 3. The predicted molar refractivity (Wildman–Crippen MR) is 114 cm³/mol. The number of thioether (sulfide) groups is 1. The zero-order valence-electron chi connectivity index (χ0n) is 15.8. The molecule has 3 aromatic rings. The van der Waals surface area contributed by atoms with Gasteiger partial charge in [-0.1, -0.05) is 30.3 Å². The van der Waals surface area contributed by atoms with E-state index in [1.54, 1.807) is 38.1 Å². The van der Waals surface area contributed by atoms with E-state index in [1.165, 1.54) is 0 Å². The van der Waals surface area contributed by atoms with E-state index in [0.717, 1.165) is 33.8 Å². The minimum Gasteiger partial charge on any atom is -0.508 e. The normalized spacial score (nSPS) is 15.9. The van der Waals surface area contributed by atoms with Gasteiger partial charge in [-0.05, 0) is 47.5 Å². The third kappa shape index (κ3) is 3.71. The Morgan fingerprint density at radius 3 is 2.54 bits per heavy atom. The molecule has 5 heteroatoms. The molecule has 1 aliphatic rings. The summed E-state index contributed by atoms with van der Waals surface area (Å²) in [5, 5.41) is 10.1. The van der Waals surface area contributed by atoms with Crippen LogP contribution in [0.2, 0.25) is 0 Å². The number of phenolic OH excluding ortho intramolecular Hbond substituents is 1. The molecule has 0 fully saturated rings. The van der Waals surface area contributed by atoms with Crippen molar-refractivity contribution >= 4 is 23.2 Å². The SMILES string of the molecule is COc1ccc(C2CC(c3cccc(O)c3)=Nc3ccccc3S2)cc1OC. The van der Waals surface area contributed by atoms with Crippen LogP contribution in [0.5, 0.6) is 17.2 Å². The van der Waals surface area contributed by atoms with Crippen LogP contribution in [0.1, 0.15) is 22.8 Å². The first-order valence-corrected chi connectivity index (χ1v) is 9.90. The fourth-order valence-electron chi connectivity index (χ4n) is 3.32. The van der Waals surface area contributed by atoms with Gasteiger partial charge in [-0.15, -0.1) is 11.8 Å². The molecule has 3 aromatic carbocycles. The quantitative estimate of drug-likeness (QED) is 0.614. The first-order valence-electron chi connectivity index (χ1n) is 9.02. The summed E-state index contributed by atoms with van der Waals surface area (Å²) >= 11 is 1.79. The van der Waals surface area contributed by atoms with Crippen molar-refractivity contribution in [2.45, 2.75) is 16.6 Å². The molecule has 1 atom stereocenters. The molecule has 4 nitrogen and oxygen atoms in total. The zero-order chi connectivity index (χ0) is 19.5. The summed E-state index contributed by atoms with van der Waals surface area (Å²) in [5.41, 5.74) is 3.98. The molecule has 0 radical (unpaired) electrons. The number of nitrogens with zero attached hydrogens (tertiary/aromatic N) is 1. The Kier molecular flexibility index (Phi) is 5.26. The first kappa shape index (κ1) is 18.4. The van der Waals surface area contributed by atoms with Crippen LogP contribution in [0.25, 0.3) is 0 Å². The summed E-state index contributed by atoms with van der Waals surface area (Å²) in [6, 6.07) is 21.5. The van der Waals surface area contributed by atoms with E-state index in [4.69, 9.17) is 14.5 Å². The maximum atomic E-state index is 9.93. The number of aromatic hydroxyl groups is 1. The fraction of sp³-hybridized carbons (Fsp3) is 0.174. The Morgan fingerprint density at radius 1 is 0.929 bits per heavy atom. The van der Waals surface area contributed by atoms with Crippen LogP contribution in [0, 0.1) is 0 Å². The topological polar surface area (TPSA) is 51.0 Å². The molecule has 4 rings (SSSR count). The van der Waals surface area contributed by atoms with Crippen molar-refractivity contribution in [3.63, 3.8) is 0 Å². The number of methoxy groups -OCH3 is 2. The second-order valence-corrected chi connectivity index (χ2v) is 7.75. The van der Waals surface area contributed by atoms with Crippen LogP contribution < -0.4 is 9.47 Å². The van der Waals surface area contributed by atoms with Gasteiger partial charge < -0.3 is 14.6 Å². The Labute approximate surface area is 168 Å². The van der Waals surface area contributed by atoms with E-state index in [-0.39, 0.29) is 11.0 Å². The Morgan fingerprint density at radius 2 is 1.75 bits per heavy atom. The number of hydrogen-bond donors (Lipinski definition) is 1. The lowest BCUT2D eigenvalue weighted by molar-refractivity contribution is 0.354. The van der Waals surface area contributed by atoms with Gasteiger partial charge in [0.2, 0.25) is 0 Å². The van der Waals surface area contributed by atoms with Crippen molar-refractivity contribution in [3.05, 3.63) is 77.9 Å². The molecule has 1 unspecified atom stereocenters. The van der Waals surface area contributed by atoms with Crippen molar-refractivity contribution in [1.29, 1.82) is 0 Å². The number of hydrogen-bond acceptors (Lipinski definition) is 5. The molecule has 0 amide bonds. The number of fused-ring (bicyclic) bond motifs is 1. The van der Waals surface area contributed by atoms with Gasteiger partial charge in [0, 0.05) is 22.3 Å². The second kappa shape index (κ2) is 7.98. The number of aliphatic imine (C=N–C) groups is 1. The molecule has 0 aromatic heterocycles. The van der Waals surface area contributed by atoms with Crippen LogP contribution in [0.3, 0.4) is 0 Å². The van der Waals surface area contributed by atoms with E-state index in [9.17, 15) is 5.11 Å². The predicted octanol–water partition coefficient (Wildman–Crippen LogP) is 5.77. The van der Waals surface area contributed by atoms with Gasteiger partial charge in [-0.2, -0.15) is 0 Å². The highest BCUT2D eigenvalue weighted by molar-refractivity contribution is 7.99. The summed E-state index contributed by atoms with van der Waals surface area (Å²) in [6.45, 7) is 0. The molecule has 1 aliphatic heterocycles. The molecule has 0 saturated carbocycles. The standard InChI is InChI=1S/C23H21NO3S/c1-26-20-11-10-16(13-21(20)27-2)23-14-19(15-6-5-7-17(25)12-15)24-18-8-3-4-9-22(18)28-23/h3-13,23,25H,14H2,1-2H3. The van der Waals surface area contributed by atoms with Crippen LogP contribution in [-0.2, 0) is 0 Å². The Bertz CT molecular complexity index is 1030. The van der Waals surface area contributed by atoms with Gasteiger partial charge in [-0.3, -0.25) is 4.99 Å². The molecule has 0 bridgehead atoms. The first-order chi connectivity index (χ1) is 13.7. The molecule has 1 heterocycles. The molecular formula is C23H21NO3S. The van der Waals surface area contributed by atoms with Crippen LogP contribution in [0.4, 0.5) is 5.69 Å². The smallest absolute Gasteiger partial charge is 0.161 e. The maximum Gasteiger partial charge on any atom is 0.161 e. The lowest BCUT2D eigenvalue weighted by Gasteiger charge is -2.18. The second-order valence-electron chi connectivity index (χ2n) is 6.50. The Balaban J connectivity index is 1.79. The zero-order valence-corrected chi connectivity index (χ0v) is 16.6. The molecule has 1 N–H and O–H groups in total. The molecular weight excluding hydrogens is 370 g/mol. The third-order valence-electron chi connectivity index (χ3n) is 4.73. The van der Waals surface area contributed by atoms with Crippen molar-refractivity contribution in [1.82, 2.24) is 0 Å². The number of rotatable bonds is 4. The van der Waals surface area contributed by atoms with E-state index < -0.39 is 0 Å².